The van der Waals surface area contributed by atoms with Crippen molar-refractivity contribution in [1.82, 2.24) is 24.6 Å². The van der Waals surface area contributed by atoms with Gasteiger partial charge in [0.2, 0.25) is 5.91 Å². The zero-order chi connectivity index (χ0) is 25.6. The number of nitrogens with two attached hydrogens (primary N) is 1. The number of carbonyl (C=O) groups excluding carboxylic acids is 3. The molecule has 0 bridgehead atoms. The first-order valence-electron chi connectivity index (χ1n) is 11.2. The molecule has 0 aliphatic carbocycles. The number of aromatic nitrogens is 3. The third kappa shape index (κ3) is 4.17. The zero-order valence-corrected chi connectivity index (χ0v) is 19.7. The number of carbonyl (C=O) groups is 3. The largest absolute Gasteiger partial charge is 0.396 e. The SMILES string of the molecule is CN1CCc2cc(Nc3cc4cc(C(=O)N(C)C5=CN=CC(=O)C5)c(F)c(N)c4cn3)nn2CC1=O. The molecule has 3 N–H and O–H groups in total. The zero-order valence-electron chi connectivity index (χ0n) is 19.7. The topological polar surface area (TPSA) is 139 Å². The molecule has 0 spiro atoms. The second-order valence-corrected chi connectivity index (χ2v) is 8.72. The summed E-state index contributed by atoms with van der Waals surface area (Å²) in [4.78, 5) is 47.9. The molecule has 0 fully saturated rings. The van der Waals surface area contributed by atoms with Gasteiger partial charge >= 0.3 is 0 Å². The van der Waals surface area contributed by atoms with Gasteiger partial charge in [-0.2, -0.15) is 5.10 Å². The predicted molar refractivity (Wildman–Crippen MR) is 131 cm³/mol. The Labute approximate surface area is 205 Å². The maximum absolute atomic E-state index is 15.1. The van der Waals surface area contributed by atoms with Crippen LogP contribution in [-0.4, -0.2) is 69.0 Å². The molecule has 3 aromatic rings. The molecule has 0 saturated heterocycles. The molecule has 11 nitrogen and oxygen atoms in total. The van der Waals surface area contributed by atoms with Crippen molar-refractivity contribution in [1.29, 1.82) is 0 Å². The molecule has 0 radical (unpaired) electrons. The minimum Gasteiger partial charge on any atom is -0.396 e. The van der Waals surface area contributed by atoms with E-state index >= 15 is 4.39 Å². The van der Waals surface area contributed by atoms with Gasteiger partial charge in [0, 0.05) is 62.3 Å². The average Bonchev–Trinajstić information content (AvgIpc) is 3.18. The van der Waals surface area contributed by atoms with Crippen LogP contribution in [0, 0.1) is 5.82 Å². The molecule has 2 amide bonds. The van der Waals surface area contributed by atoms with Gasteiger partial charge in [-0.25, -0.2) is 9.37 Å². The lowest BCUT2D eigenvalue weighted by molar-refractivity contribution is -0.130. The molecule has 0 atom stereocenters. The summed E-state index contributed by atoms with van der Waals surface area (Å²) in [6.45, 7) is 0.756. The van der Waals surface area contributed by atoms with Gasteiger partial charge in [0.15, 0.2) is 17.4 Å². The van der Waals surface area contributed by atoms with Crippen molar-refractivity contribution in [2.24, 2.45) is 4.99 Å². The number of allylic oxidation sites excluding steroid dienone is 1. The fraction of sp³-hybridized carbons (Fsp3) is 0.250. The van der Waals surface area contributed by atoms with E-state index < -0.39 is 11.7 Å². The Morgan fingerprint density at radius 1 is 1.22 bits per heavy atom. The molecular formula is C24H23FN8O3. The number of likely N-dealkylation sites (N-methyl/N-ethyl adjacent to an activating group) is 1. The Morgan fingerprint density at radius 3 is 2.81 bits per heavy atom. The second-order valence-electron chi connectivity index (χ2n) is 8.72. The number of amides is 2. The highest BCUT2D eigenvalue weighted by molar-refractivity contribution is 6.29. The maximum Gasteiger partial charge on any atom is 0.260 e. The Balaban J connectivity index is 1.44. The summed E-state index contributed by atoms with van der Waals surface area (Å²) in [5.41, 5.74) is 6.84. The molecule has 12 heteroatoms. The van der Waals surface area contributed by atoms with E-state index in [0.29, 0.717) is 41.1 Å². The van der Waals surface area contributed by atoms with Gasteiger partial charge in [0.1, 0.15) is 12.4 Å². The van der Waals surface area contributed by atoms with Crippen molar-refractivity contribution < 1.29 is 18.8 Å². The van der Waals surface area contributed by atoms with Gasteiger partial charge in [0.25, 0.3) is 5.91 Å². The molecule has 184 valence electrons. The summed E-state index contributed by atoms with van der Waals surface area (Å²) < 4.78 is 16.7. The minimum absolute atomic E-state index is 0.00900. The van der Waals surface area contributed by atoms with E-state index in [2.05, 4.69) is 20.4 Å². The molecule has 4 heterocycles. The Kier molecular flexibility index (Phi) is 5.71. The summed E-state index contributed by atoms with van der Waals surface area (Å²) >= 11 is 0. The van der Waals surface area contributed by atoms with Crippen molar-refractivity contribution in [3.05, 3.63) is 53.4 Å². The van der Waals surface area contributed by atoms with Crippen LogP contribution in [0.4, 0.5) is 21.7 Å². The number of benzene rings is 1. The third-order valence-electron chi connectivity index (χ3n) is 6.30. The lowest BCUT2D eigenvalue weighted by Gasteiger charge is -2.21. The molecular weight excluding hydrogens is 467 g/mol. The number of Topliss-reactive ketones (excluding diaryl/α,β-unsaturated/α-hetero) is 1. The minimum atomic E-state index is -0.861. The lowest BCUT2D eigenvalue weighted by atomic mass is 10.0. The van der Waals surface area contributed by atoms with E-state index in [1.54, 1.807) is 22.7 Å². The third-order valence-corrected chi connectivity index (χ3v) is 6.30. The van der Waals surface area contributed by atoms with Gasteiger partial charge < -0.3 is 20.9 Å². The maximum atomic E-state index is 15.1. The number of rotatable bonds is 4. The standard InChI is InChI=1S/C24H23FN8O3/c1-31-4-3-14-8-20(30-33(14)12-21(31)35)29-19-6-13-5-17(22(25)23(26)18(13)11-28-19)24(36)32(2)15-7-16(34)10-27-9-15/h5-6,8-11H,3-4,7,12,26H2,1-2H3,(H,28,29,30). The predicted octanol–water partition coefficient (Wildman–Crippen LogP) is 1.87. The number of anilines is 3. The quantitative estimate of drug-likeness (QED) is 0.532. The summed E-state index contributed by atoms with van der Waals surface area (Å²) in [7, 11) is 3.21. The first-order valence-corrected chi connectivity index (χ1v) is 11.2. The van der Waals surface area contributed by atoms with Crippen LogP contribution >= 0.6 is 0 Å². The van der Waals surface area contributed by atoms with Crippen molar-refractivity contribution in [2.45, 2.75) is 19.4 Å². The highest BCUT2D eigenvalue weighted by atomic mass is 19.1. The van der Waals surface area contributed by atoms with Crippen molar-refractivity contribution in [3.8, 4) is 0 Å². The molecule has 2 aliphatic rings. The van der Waals surface area contributed by atoms with Crippen molar-refractivity contribution >= 4 is 51.9 Å². The van der Waals surface area contributed by atoms with E-state index in [0.717, 1.165) is 5.69 Å². The summed E-state index contributed by atoms with van der Waals surface area (Å²) in [5.74, 6) is -0.870. The van der Waals surface area contributed by atoms with Crippen LogP contribution in [0.3, 0.4) is 0 Å². The van der Waals surface area contributed by atoms with Crippen LogP contribution in [-0.2, 0) is 22.6 Å². The molecule has 0 saturated carbocycles. The van der Waals surface area contributed by atoms with Crippen LogP contribution in [0.1, 0.15) is 22.5 Å². The summed E-state index contributed by atoms with van der Waals surface area (Å²) in [5, 5.41) is 8.40. The van der Waals surface area contributed by atoms with E-state index in [1.165, 1.54) is 36.6 Å². The van der Waals surface area contributed by atoms with Gasteiger partial charge in [-0.1, -0.05) is 0 Å². The molecule has 2 aromatic heterocycles. The van der Waals surface area contributed by atoms with E-state index in [4.69, 9.17) is 5.73 Å². The van der Waals surface area contributed by atoms with Gasteiger partial charge in [0.05, 0.1) is 23.9 Å². The summed E-state index contributed by atoms with van der Waals surface area (Å²) in [6.07, 6.45) is 4.65. The van der Waals surface area contributed by atoms with E-state index in [9.17, 15) is 14.4 Å². The van der Waals surface area contributed by atoms with Crippen LogP contribution in [0.25, 0.3) is 10.8 Å². The first-order chi connectivity index (χ1) is 17.2. The Hall–Kier alpha value is -4.61. The molecule has 2 aliphatic heterocycles. The highest BCUT2D eigenvalue weighted by Crippen LogP contribution is 2.30. The number of ketones is 1. The lowest BCUT2D eigenvalue weighted by Crippen LogP contribution is -2.29. The van der Waals surface area contributed by atoms with Gasteiger partial charge in [-0.05, 0) is 17.5 Å². The first kappa shape index (κ1) is 23.1. The average molecular weight is 490 g/mol. The van der Waals surface area contributed by atoms with Crippen molar-refractivity contribution in [3.63, 3.8) is 0 Å². The number of aliphatic imine (C=N–C) groups is 1. The number of nitrogens with zero attached hydrogens (tertiary/aromatic N) is 6. The monoisotopic (exact) mass is 490 g/mol. The smallest absolute Gasteiger partial charge is 0.260 e. The fourth-order valence-corrected chi connectivity index (χ4v) is 4.16. The fourth-order valence-electron chi connectivity index (χ4n) is 4.16. The number of nitrogen functional groups attached to an aromatic ring is 1. The van der Waals surface area contributed by atoms with Gasteiger partial charge in [-0.15, -0.1) is 0 Å². The molecule has 1 aromatic carbocycles. The number of nitrogens with one attached hydrogen (secondary N) is 1. The van der Waals surface area contributed by atoms with Gasteiger partial charge in [-0.3, -0.25) is 24.1 Å². The Bertz CT molecular complexity index is 1490. The second kappa shape index (κ2) is 8.87. The summed E-state index contributed by atoms with van der Waals surface area (Å²) in [6, 6.07) is 4.89. The molecule has 0 unspecified atom stereocenters. The molecule has 5 rings (SSSR count). The number of hydrogen-bond donors (Lipinski definition) is 2. The van der Waals surface area contributed by atoms with Crippen LogP contribution < -0.4 is 11.1 Å². The molecule has 36 heavy (non-hydrogen) atoms. The van der Waals surface area contributed by atoms with E-state index in [-0.39, 0.29) is 35.9 Å². The van der Waals surface area contributed by atoms with Crippen molar-refractivity contribution in [2.75, 3.05) is 31.7 Å². The number of pyridine rings is 1. The van der Waals surface area contributed by atoms with E-state index in [1.807, 2.05) is 6.07 Å². The number of hydrogen-bond acceptors (Lipinski definition) is 8. The normalized spacial score (nSPS) is 15.5. The van der Waals surface area contributed by atoms with Crippen LogP contribution in [0.5, 0.6) is 0 Å². The number of fused-ring (bicyclic) bond motifs is 2. The van der Waals surface area contributed by atoms with Crippen LogP contribution in [0.15, 0.2) is 41.3 Å². The van der Waals surface area contributed by atoms with Crippen LogP contribution in [0.2, 0.25) is 0 Å². The number of halogens is 1. The highest BCUT2D eigenvalue weighted by Gasteiger charge is 2.25. The Morgan fingerprint density at radius 2 is 2.03 bits per heavy atom.